The molecule has 1 aromatic heterocycles. The average Bonchev–Trinajstić information content (AvgIpc) is 3.15. The number of hydrogen-bond donors (Lipinski definition) is 1. The molecule has 1 aliphatic rings. The lowest BCUT2D eigenvalue weighted by Crippen LogP contribution is -2.09. The summed E-state index contributed by atoms with van der Waals surface area (Å²) in [6.45, 7) is 0.606. The van der Waals surface area contributed by atoms with Crippen LogP contribution in [0, 0.1) is 0 Å². The van der Waals surface area contributed by atoms with Crippen LogP contribution in [0.4, 0.5) is 0 Å². The molecule has 2 heterocycles. The SMILES string of the molecule is COc1ccc(-n2nnc(CO)c2C2CCCO2)cc1. The van der Waals surface area contributed by atoms with Gasteiger partial charge in [-0.15, -0.1) is 5.10 Å². The lowest BCUT2D eigenvalue weighted by atomic mass is 10.1. The first kappa shape index (κ1) is 13.1. The zero-order chi connectivity index (χ0) is 13.9. The first-order chi connectivity index (χ1) is 9.83. The minimum absolute atomic E-state index is 0.0470. The second-order valence-corrected chi connectivity index (χ2v) is 4.69. The number of aromatic nitrogens is 3. The Morgan fingerprint density at radius 2 is 2.20 bits per heavy atom. The smallest absolute Gasteiger partial charge is 0.119 e. The molecule has 0 spiro atoms. The average molecular weight is 275 g/mol. The summed E-state index contributed by atoms with van der Waals surface area (Å²) in [5, 5.41) is 17.6. The van der Waals surface area contributed by atoms with E-state index in [0.29, 0.717) is 5.69 Å². The molecule has 1 aromatic carbocycles. The summed E-state index contributed by atoms with van der Waals surface area (Å²) >= 11 is 0. The maximum absolute atomic E-state index is 9.43. The number of nitrogens with zero attached hydrogens (tertiary/aromatic N) is 3. The molecule has 0 saturated carbocycles. The van der Waals surface area contributed by atoms with Gasteiger partial charge in [0.2, 0.25) is 0 Å². The summed E-state index contributed by atoms with van der Waals surface area (Å²) in [6, 6.07) is 7.56. The van der Waals surface area contributed by atoms with Crippen molar-refractivity contribution < 1.29 is 14.6 Å². The lowest BCUT2D eigenvalue weighted by Gasteiger charge is -2.13. The third kappa shape index (κ3) is 2.28. The number of benzene rings is 1. The Kier molecular flexibility index (Phi) is 3.66. The number of hydrogen-bond acceptors (Lipinski definition) is 5. The summed E-state index contributed by atoms with van der Waals surface area (Å²) in [6.07, 6.45) is 1.90. The molecule has 1 saturated heterocycles. The molecular weight excluding hydrogens is 258 g/mol. The van der Waals surface area contributed by atoms with Crippen molar-refractivity contribution in [1.82, 2.24) is 15.0 Å². The Bertz CT molecular complexity index is 574. The quantitative estimate of drug-likeness (QED) is 0.918. The molecule has 0 bridgehead atoms. The Hall–Kier alpha value is -1.92. The van der Waals surface area contributed by atoms with E-state index in [0.717, 1.165) is 36.6 Å². The Labute approximate surface area is 116 Å². The third-order valence-electron chi connectivity index (χ3n) is 3.48. The summed E-state index contributed by atoms with van der Waals surface area (Å²) in [7, 11) is 1.63. The van der Waals surface area contributed by atoms with Crippen molar-refractivity contribution in [1.29, 1.82) is 0 Å². The summed E-state index contributed by atoms with van der Waals surface area (Å²) in [5.74, 6) is 0.787. The van der Waals surface area contributed by atoms with Crippen molar-refractivity contribution in [3.05, 3.63) is 35.7 Å². The highest BCUT2D eigenvalue weighted by atomic mass is 16.5. The fourth-order valence-electron chi connectivity index (χ4n) is 2.46. The van der Waals surface area contributed by atoms with Gasteiger partial charge in [-0.3, -0.25) is 0 Å². The molecule has 6 nitrogen and oxygen atoms in total. The minimum Gasteiger partial charge on any atom is -0.497 e. The van der Waals surface area contributed by atoms with Gasteiger partial charge in [0, 0.05) is 6.61 Å². The second kappa shape index (κ2) is 5.60. The molecule has 1 fully saturated rings. The van der Waals surface area contributed by atoms with Crippen LogP contribution < -0.4 is 4.74 Å². The van der Waals surface area contributed by atoms with Gasteiger partial charge in [-0.25, -0.2) is 4.68 Å². The van der Waals surface area contributed by atoms with Crippen LogP contribution in [0.1, 0.15) is 30.3 Å². The fraction of sp³-hybridized carbons (Fsp3) is 0.429. The number of methoxy groups -OCH3 is 1. The van der Waals surface area contributed by atoms with E-state index in [1.165, 1.54) is 0 Å². The van der Waals surface area contributed by atoms with Crippen molar-refractivity contribution in [2.75, 3.05) is 13.7 Å². The number of ether oxygens (including phenoxy) is 2. The van der Waals surface area contributed by atoms with Crippen LogP contribution in [0.3, 0.4) is 0 Å². The van der Waals surface area contributed by atoms with Crippen LogP contribution >= 0.6 is 0 Å². The molecule has 1 atom stereocenters. The fourth-order valence-corrected chi connectivity index (χ4v) is 2.46. The standard InChI is InChI=1S/C14H17N3O3/c1-19-11-6-4-10(5-7-11)17-14(12(9-18)15-16-17)13-3-2-8-20-13/h4-7,13,18H,2-3,8-9H2,1H3. The van der Waals surface area contributed by atoms with E-state index in [9.17, 15) is 5.11 Å². The van der Waals surface area contributed by atoms with Crippen LogP contribution in [0.2, 0.25) is 0 Å². The number of aliphatic hydroxyl groups is 1. The van der Waals surface area contributed by atoms with Crippen LogP contribution in [-0.4, -0.2) is 33.8 Å². The largest absolute Gasteiger partial charge is 0.497 e. The predicted molar refractivity (Wildman–Crippen MR) is 71.8 cm³/mol. The molecule has 106 valence electrons. The molecule has 0 aliphatic carbocycles. The highest BCUT2D eigenvalue weighted by molar-refractivity contribution is 5.38. The molecular formula is C14H17N3O3. The van der Waals surface area contributed by atoms with Crippen LogP contribution in [0.25, 0.3) is 5.69 Å². The predicted octanol–water partition coefficient (Wildman–Crippen LogP) is 1.62. The Morgan fingerprint density at radius 3 is 2.80 bits per heavy atom. The van der Waals surface area contributed by atoms with Gasteiger partial charge < -0.3 is 14.6 Å². The van der Waals surface area contributed by atoms with Gasteiger partial charge in [-0.2, -0.15) is 0 Å². The van der Waals surface area contributed by atoms with Gasteiger partial charge in [0.15, 0.2) is 0 Å². The van der Waals surface area contributed by atoms with Crippen molar-refractivity contribution in [3.8, 4) is 11.4 Å². The van der Waals surface area contributed by atoms with E-state index >= 15 is 0 Å². The molecule has 1 unspecified atom stereocenters. The zero-order valence-electron chi connectivity index (χ0n) is 11.3. The zero-order valence-corrected chi connectivity index (χ0v) is 11.3. The molecule has 3 rings (SSSR count). The Morgan fingerprint density at radius 1 is 1.40 bits per heavy atom. The van der Waals surface area contributed by atoms with Gasteiger partial charge in [0.1, 0.15) is 17.5 Å². The first-order valence-corrected chi connectivity index (χ1v) is 6.65. The summed E-state index contributed by atoms with van der Waals surface area (Å²) < 4.78 is 12.6. The van der Waals surface area contributed by atoms with Crippen LogP contribution in [0.15, 0.2) is 24.3 Å². The topological polar surface area (TPSA) is 69.4 Å². The highest BCUT2D eigenvalue weighted by Crippen LogP contribution is 2.31. The third-order valence-corrected chi connectivity index (χ3v) is 3.48. The highest BCUT2D eigenvalue weighted by Gasteiger charge is 2.26. The number of aliphatic hydroxyl groups excluding tert-OH is 1. The van der Waals surface area contributed by atoms with Gasteiger partial charge in [-0.1, -0.05) is 5.21 Å². The molecule has 0 amide bonds. The second-order valence-electron chi connectivity index (χ2n) is 4.69. The molecule has 6 heteroatoms. The van der Waals surface area contributed by atoms with Crippen LogP contribution in [-0.2, 0) is 11.3 Å². The van der Waals surface area contributed by atoms with Crippen molar-refractivity contribution in [2.24, 2.45) is 0 Å². The lowest BCUT2D eigenvalue weighted by molar-refractivity contribution is 0.104. The van der Waals surface area contributed by atoms with E-state index in [1.807, 2.05) is 24.3 Å². The van der Waals surface area contributed by atoms with E-state index in [1.54, 1.807) is 11.8 Å². The Balaban J connectivity index is 2.01. The summed E-state index contributed by atoms with van der Waals surface area (Å²) in [5.41, 5.74) is 2.30. The van der Waals surface area contributed by atoms with E-state index < -0.39 is 0 Å². The van der Waals surface area contributed by atoms with E-state index in [2.05, 4.69) is 10.3 Å². The molecule has 1 N–H and O–H groups in total. The first-order valence-electron chi connectivity index (χ1n) is 6.65. The van der Waals surface area contributed by atoms with Gasteiger partial charge in [-0.05, 0) is 37.1 Å². The summed E-state index contributed by atoms with van der Waals surface area (Å²) in [4.78, 5) is 0. The normalized spacial score (nSPS) is 18.4. The van der Waals surface area contributed by atoms with Gasteiger partial charge in [0.05, 0.1) is 25.1 Å². The molecule has 1 aliphatic heterocycles. The molecule has 0 radical (unpaired) electrons. The van der Waals surface area contributed by atoms with Crippen molar-refractivity contribution in [2.45, 2.75) is 25.6 Å². The van der Waals surface area contributed by atoms with Gasteiger partial charge in [0.25, 0.3) is 0 Å². The van der Waals surface area contributed by atoms with E-state index in [-0.39, 0.29) is 12.7 Å². The molecule has 20 heavy (non-hydrogen) atoms. The van der Waals surface area contributed by atoms with Gasteiger partial charge >= 0.3 is 0 Å². The maximum atomic E-state index is 9.43. The van der Waals surface area contributed by atoms with E-state index in [4.69, 9.17) is 9.47 Å². The molecule has 2 aromatic rings. The monoisotopic (exact) mass is 275 g/mol. The van der Waals surface area contributed by atoms with Crippen LogP contribution in [0.5, 0.6) is 5.75 Å². The maximum Gasteiger partial charge on any atom is 0.119 e. The van der Waals surface area contributed by atoms with Crippen molar-refractivity contribution in [3.63, 3.8) is 0 Å². The van der Waals surface area contributed by atoms with Crippen molar-refractivity contribution >= 4 is 0 Å². The minimum atomic E-state index is -0.134. The number of rotatable bonds is 4.